The molecule has 0 amide bonds. The standard InChI is InChI=1S/C15H17NO.C8H16O2/c1-4-13-10-11(2)14(16(13)3)15(17)12-8-6-5-7-9-12;1-2-3-4-5-6-7-8(9)10/h5-10H,4H2,1-3H3;2-7H2,1H3,(H,9,10). The number of aliphatic carboxylic acids is 1. The first kappa shape index (κ1) is 22.7. The van der Waals surface area contributed by atoms with E-state index in [4.69, 9.17) is 5.11 Å². The van der Waals surface area contributed by atoms with E-state index in [0.29, 0.717) is 6.42 Å². The van der Waals surface area contributed by atoms with Crippen molar-refractivity contribution in [3.63, 3.8) is 0 Å². The molecule has 0 spiro atoms. The summed E-state index contributed by atoms with van der Waals surface area (Å²) in [7, 11) is 1.96. The minimum Gasteiger partial charge on any atom is -0.481 e. The highest BCUT2D eigenvalue weighted by atomic mass is 16.4. The van der Waals surface area contributed by atoms with Crippen molar-refractivity contribution in [1.82, 2.24) is 4.57 Å². The Labute approximate surface area is 163 Å². The SMILES string of the molecule is CCCCCCCC(=O)O.CCc1cc(C)c(C(=O)c2ccccc2)n1C. The van der Waals surface area contributed by atoms with Crippen LogP contribution >= 0.6 is 0 Å². The summed E-state index contributed by atoms with van der Waals surface area (Å²) in [6.45, 7) is 6.25. The second-order valence-corrected chi connectivity index (χ2v) is 6.83. The molecule has 0 aliphatic carbocycles. The van der Waals surface area contributed by atoms with Gasteiger partial charge in [-0.25, -0.2) is 0 Å². The molecule has 2 rings (SSSR count). The van der Waals surface area contributed by atoms with Gasteiger partial charge in [0.25, 0.3) is 0 Å². The number of ketones is 1. The molecule has 0 saturated heterocycles. The fourth-order valence-corrected chi connectivity index (χ4v) is 3.10. The lowest BCUT2D eigenvalue weighted by atomic mass is 10.1. The highest BCUT2D eigenvalue weighted by Crippen LogP contribution is 2.18. The second kappa shape index (κ2) is 12.1. The molecule has 0 fully saturated rings. The van der Waals surface area contributed by atoms with Crippen LogP contribution in [0.2, 0.25) is 0 Å². The Morgan fingerprint density at radius 2 is 1.63 bits per heavy atom. The molecular weight excluding hydrogens is 338 g/mol. The van der Waals surface area contributed by atoms with Crippen LogP contribution in [0.5, 0.6) is 0 Å². The molecule has 4 heteroatoms. The summed E-state index contributed by atoms with van der Waals surface area (Å²) in [5.74, 6) is -0.568. The van der Waals surface area contributed by atoms with Crippen LogP contribution in [0.4, 0.5) is 0 Å². The molecule has 1 N–H and O–H groups in total. The molecule has 0 bridgehead atoms. The summed E-state index contributed by atoms with van der Waals surface area (Å²) in [5.41, 5.74) is 3.80. The van der Waals surface area contributed by atoms with Gasteiger partial charge in [0.2, 0.25) is 5.78 Å². The third-order valence-electron chi connectivity index (χ3n) is 4.63. The van der Waals surface area contributed by atoms with Crippen LogP contribution in [0.15, 0.2) is 36.4 Å². The molecule has 0 radical (unpaired) electrons. The summed E-state index contributed by atoms with van der Waals surface area (Å²) in [5, 5.41) is 8.27. The Morgan fingerprint density at radius 1 is 1.00 bits per heavy atom. The van der Waals surface area contributed by atoms with Crippen molar-refractivity contribution in [2.45, 2.75) is 65.7 Å². The van der Waals surface area contributed by atoms with Crippen LogP contribution in [0.25, 0.3) is 0 Å². The van der Waals surface area contributed by atoms with Gasteiger partial charge >= 0.3 is 5.97 Å². The predicted molar refractivity (Wildman–Crippen MR) is 110 cm³/mol. The molecule has 1 aromatic carbocycles. The maximum Gasteiger partial charge on any atom is 0.303 e. The van der Waals surface area contributed by atoms with E-state index in [0.717, 1.165) is 36.1 Å². The summed E-state index contributed by atoms with van der Waals surface area (Å²) >= 11 is 0. The van der Waals surface area contributed by atoms with E-state index in [1.807, 2.05) is 48.9 Å². The van der Waals surface area contributed by atoms with Crippen molar-refractivity contribution in [1.29, 1.82) is 0 Å². The molecule has 0 aliphatic rings. The number of hydrogen-bond donors (Lipinski definition) is 1. The minimum absolute atomic E-state index is 0.102. The van der Waals surface area contributed by atoms with Gasteiger partial charge in [0, 0.05) is 24.7 Å². The molecule has 27 heavy (non-hydrogen) atoms. The lowest BCUT2D eigenvalue weighted by Crippen LogP contribution is -2.10. The lowest BCUT2D eigenvalue weighted by molar-refractivity contribution is -0.137. The average Bonchev–Trinajstić information content (AvgIpc) is 2.95. The zero-order valence-electron chi connectivity index (χ0n) is 17.1. The van der Waals surface area contributed by atoms with E-state index in [9.17, 15) is 9.59 Å². The molecule has 148 valence electrons. The molecule has 0 atom stereocenters. The highest BCUT2D eigenvalue weighted by Gasteiger charge is 2.17. The minimum atomic E-state index is -0.670. The number of aryl methyl sites for hydroxylation is 2. The number of carbonyl (C=O) groups excluding carboxylic acids is 1. The van der Waals surface area contributed by atoms with Gasteiger partial charge in [-0.2, -0.15) is 0 Å². The summed E-state index contributed by atoms with van der Waals surface area (Å²) in [6.07, 6.45) is 6.83. The van der Waals surface area contributed by atoms with E-state index in [-0.39, 0.29) is 5.78 Å². The number of carbonyl (C=O) groups is 2. The van der Waals surface area contributed by atoms with Gasteiger partial charge in [-0.15, -0.1) is 0 Å². The Balaban J connectivity index is 0.000000314. The van der Waals surface area contributed by atoms with Crippen molar-refractivity contribution in [3.8, 4) is 0 Å². The van der Waals surface area contributed by atoms with Crippen molar-refractivity contribution in [2.75, 3.05) is 0 Å². The van der Waals surface area contributed by atoms with Gasteiger partial charge in [-0.3, -0.25) is 9.59 Å². The number of rotatable bonds is 9. The maximum absolute atomic E-state index is 12.4. The quantitative estimate of drug-likeness (QED) is 0.464. The monoisotopic (exact) mass is 371 g/mol. The first-order valence-corrected chi connectivity index (χ1v) is 9.89. The fraction of sp³-hybridized carbons (Fsp3) is 0.478. The van der Waals surface area contributed by atoms with Crippen LogP contribution in [-0.2, 0) is 18.3 Å². The number of benzene rings is 1. The molecule has 2 aromatic rings. The predicted octanol–water partition coefficient (Wildman–Crippen LogP) is 5.56. The maximum atomic E-state index is 12.4. The number of carboxylic acid groups (broad SMARTS) is 1. The summed E-state index contributed by atoms with van der Waals surface area (Å²) in [6, 6.07) is 11.5. The van der Waals surface area contributed by atoms with Crippen molar-refractivity contribution in [2.24, 2.45) is 7.05 Å². The Morgan fingerprint density at radius 3 is 2.15 bits per heavy atom. The van der Waals surface area contributed by atoms with Crippen LogP contribution in [0.1, 0.15) is 79.7 Å². The van der Waals surface area contributed by atoms with Gasteiger partial charge in [-0.05, 0) is 31.4 Å². The normalized spacial score (nSPS) is 10.2. The molecular formula is C23H33NO3. The zero-order valence-corrected chi connectivity index (χ0v) is 17.1. The lowest BCUT2D eigenvalue weighted by Gasteiger charge is -2.06. The van der Waals surface area contributed by atoms with Crippen LogP contribution in [0.3, 0.4) is 0 Å². The van der Waals surface area contributed by atoms with Crippen molar-refractivity contribution in [3.05, 3.63) is 58.9 Å². The number of nitrogens with zero attached hydrogens (tertiary/aromatic N) is 1. The van der Waals surface area contributed by atoms with Crippen LogP contribution < -0.4 is 0 Å². The summed E-state index contributed by atoms with van der Waals surface area (Å²) < 4.78 is 2.00. The van der Waals surface area contributed by atoms with Gasteiger partial charge in [0.15, 0.2) is 0 Å². The Bertz CT molecular complexity index is 717. The van der Waals surface area contributed by atoms with E-state index >= 15 is 0 Å². The topological polar surface area (TPSA) is 59.3 Å². The number of carboxylic acids is 1. The molecule has 1 aromatic heterocycles. The second-order valence-electron chi connectivity index (χ2n) is 6.83. The molecule has 0 unspecified atom stereocenters. The highest BCUT2D eigenvalue weighted by molar-refractivity contribution is 6.09. The third-order valence-corrected chi connectivity index (χ3v) is 4.63. The average molecular weight is 372 g/mol. The van der Waals surface area contributed by atoms with E-state index in [1.54, 1.807) is 0 Å². The first-order valence-electron chi connectivity index (χ1n) is 9.89. The first-order chi connectivity index (χ1) is 12.9. The molecule has 0 aliphatic heterocycles. The van der Waals surface area contributed by atoms with E-state index < -0.39 is 5.97 Å². The van der Waals surface area contributed by atoms with Crippen molar-refractivity contribution < 1.29 is 14.7 Å². The van der Waals surface area contributed by atoms with Crippen LogP contribution in [0, 0.1) is 6.92 Å². The van der Waals surface area contributed by atoms with Crippen molar-refractivity contribution >= 4 is 11.8 Å². The molecule has 4 nitrogen and oxygen atoms in total. The van der Waals surface area contributed by atoms with Gasteiger partial charge in [-0.1, -0.05) is 69.9 Å². The number of unbranched alkanes of at least 4 members (excludes halogenated alkanes) is 4. The Hall–Kier alpha value is -2.36. The largest absolute Gasteiger partial charge is 0.481 e. The van der Waals surface area contributed by atoms with Gasteiger partial charge in [0.05, 0.1) is 5.69 Å². The number of aromatic nitrogens is 1. The Kier molecular flexibility index (Phi) is 10.2. The smallest absolute Gasteiger partial charge is 0.303 e. The molecule has 0 saturated carbocycles. The fourth-order valence-electron chi connectivity index (χ4n) is 3.10. The third kappa shape index (κ3) is 7.41. The molecule has 1 heterocycles. The van der Waals surface area contributed by atoms with Gasteiger partial charge < -0.3 is 9.67 Å². The van der Waals surface area contributed by atoms with Gasteiger partial charge in [0.1, 0.15) is 0 Å². The zero-order chi connectivity index (χ0) is 20.2. The summed E-state index contributed by atoms with van der Waals surface area (Å²) in [4.78, 5) is 22.4. The van der Waals surface area contributed by atoms with E-state index in [1.165, 1.54) is 25.0 Å². The van der Waals surface area contributed by atoms with E-state index in [2.05, 4.69) is 19.9 Å². The number of hydrogen-bond acceptors (Lipinski definition) is 2. The van der Waals surface area contributed by atoms with Crippen LogP contribution in [-0.4, -0.2) is 21.4 Å².